The summed E-state index contributed by atoms with van der Waals surface area (Å²) in [6.45, 7) is 8.99. The Hall–Kier alpha value is -1.71. The van der Waals surface area contributed by atoms with Crippen molar-refractivity contribution in [2.75, 3.05) is 0 Å². The maximum absolute atomic E-state index is 11.3. The van der Waals surface area contributed by atoms with Crippen molar-refractivity contribution in [1.29, 1.82) is 0 Å². The van der Waals surface area contributed by atoms with E-state index in [-0.39, 0.29) is 11.8 Å². The van der Waals surface area contributed by atoms with E-state index in [0.29, 0.717) is 11.5 Å². The second-order valence-corrected chi connectivity index (χ2v) is 3.50. The minimum Gasteiger partial charge on any atom is -0.311 e. The molecule has 1 N–H and O–H groups in total. The fraction of sp³-hybridized carbons (Fsp3) is 0.364. The molecule has 0 saturated heterocycles. The van der Waals surface area contributed by atoms with Crippen LogP contribution >= 0.6 is 0 Å². The van der Waals surface area contributed by atoms with Crippen molar-refractivity contribution in [3.8, 4) is 0 Å². The van der Waals surface area contributed by atoms with Crippen molar-refractivity contribution in [2.24, 2.45) is 15.9 Å². The molecule has 0 spiro atoms. The number of allylic oxidation sites excluding steroid dienone is 1. The van der Waals surface area contributed by atoms with Crippen LogP contribution in [0, 0.1) is 5.92 Å². The highest BCUT2D eigenvalue weighted by molar-refractivity contribution is 6.16. The summed E-state index contributed by atoms with van der Waals surface area (Å²) in [7, 11) is 0. The monoisotopic (exact) mass is 205 g/mol. The Morgan fingerprint density at radius 1 is 1.33 bits per heavy atom. The Morgan fingerprint density at radius 3 is 2.47 bits per heavy atom. The molecule has 1 amide bonds. The minimum atomic E-state index is 0.00832. The van der Waals surface area contributed by atoms with Crippen LogP contribution in [0.15, 0.2) is 34.7 Å². The van der Waals surface area contributed by atoms with E-state index in [0.717, 1.165) is 12.8 Å². The predicted octanol–water partition coefficient (Wildman–Crippen LogP) is 1.66. The molecule has 0 atom stereocenters. The van der Waals surface area contributed by atoms with Gasteiger partial charge in [0.25, 0.3) is 0 Å². The molecule has 80 valence electrons. The van der Waals surface area contributed by atoms with Gasteiger partial charge in [-0.3, -0.25) is 9.79 Å². The third-order valence-electron chi connectivity index (χ3n) is 1.81. The molecule has 4 heteroatoms. The fourth-order valence-corrected chi connectivity index (χ4v) is 0.906. The van der Waals surface area contributed by atoms with Crippen LogP contribution in [0.1, 0.15) is 19.8 Å². The molecule has 0 aromatic heterocycles. The van der Waals surface area contributed by atoms with Crippen LogP contribution in [0.2, 0.25) is 0 Å². The van der Waals surface area contributed by atoms with Crippen molar-refractivity contribution in [3.05, 3.63) is 24.7 Å². The molecular weight excluding hydrogens is 190 g/mol. The highest BCUT2D eigenvalue weighted by Crippen LogP contribution is 2.28. The molecule has 1 aliphatic rings. The number of amides is 1. The van der Waals surface area contributed by atoms with Crippen molar-refractivity contribution in [3.63, 3.8) is 0 Å². The third kappa shape index (κ3) is 4.90. The molecule has 0 radical (unpaired) electrons. The summed E-state index contributed by atoms with van der Waals surface area (Å²) < 4.78 is 0. The molecule has 0 heterocycles. The second kappa shape index (κ2) is 5.24. The number of aliphatic imine (C=N–C) groups is 2. The predicted molar refractivity (Wildman–Crippen MR) is 61.8 cm³/mol. The average molecular weight is 205 g/mol. The molecule has 1 saturated carbocycles. The van der Waals surface area contributed by atoms with Gasteiger partial charge in [-0.2, -0.15) is 0 Å². The van der Waals surface area contributed by atoms with Crippen LogP contribution in [0.4, 0.5) is 0 Å². The first-order chi connectivity index (χ1) is 7.09. The molecule has 0 aromatic rings. The van der Waals surface area contributed by atoms with E-state index < -0.39 is 0 Å². The number of hydrogen-bond donors (Lipinski definition) is 1. The van der Waals surface area contributed by atoms with Gasteiger partial charge in [0.05, 0.1) is 0 Å². The van der Waals surface area contributed by atoms with E-state index in [9.17, 15) is 4.79 Å². The van der Waals surface area contributed by atoms with E-state index in [2.05, 4.69) is 28.5 Å². The Kier molecular flexibility index (Phi) is 3.97. The number of carbonyl (C=O) groups excluding carboxylic acids is 1. The molecule has 0 bridgehead atoms. The molecule has 1 aliphatic carbocycles. The zero-order valence-corrected chi connectivity index (χ0v) is 8.86. The zero-order valence-electron chi connectivity index (χ0n) is 8.86. The SMILES string of the molecule is C=C(C)N=CC=NC(=C)NC(=O)C1CC1. The number of hydrogen-bond acceptors (Lipinski definition) is 3. The van der Waals surface area contributed by atoms with Gasteiger partial charge >= 0.3 is 0 Å². The molecule has 15 heavy (non-hydrogen) atoms. The Labute approximate surface area is 89.5 Å². The highest BCUT2D eigenvalue weighted by atomic mass is 16.2. The van der Waals surface area contributed by atoms with Gasteiger partial charge in [0.15, 0.2) is 0 Å². The highest BCUT2D eigenvalue weighted by Gasteiger charge is 2.29. The standard InChI is InChI=1S/C11H15N3O/c1-8(2)12-6-7-13-9(3)14-11(15)10-4-5-10/h6-7,10H,1,3-5H2,2H3,(H,14,15). The van der Waals surface area contributed by atoms with E-state index >= 15 is 0 Å². The van der Waals surface area contributed by atoms with Gasteiger partial charge in [0, 0.05) is 24.0 Å². The first-order valence-electron chi connectivity index (χ1n) is 4.81. The van der Waals surface area contributed by atoms with Gasteiger partial charge in [-0.05, 0) is 19.8 Å². The summed E-state index contributed by atoms with van der Waals surface area (Å²) in [5.41, 5.74) is 0.703. The second-order valence-electron chi connectivity index (χ2n) is 3.50. The van der Waals surface area contributed by atoms with Gasteiger partial charge in [-0.15, -0.1) is 0 Å². The Balaban J connectivity index is 2.28. The summed E-state index contributed by atoms with van der Waals surface area (Å²) in [6.07, 6.45) is 4.93. The summed E-state index contributed by atoms with van der Waals surface area (Å²) in [5.74, 6) is 0.523. The topological polar surface area (TPSA) is 53.8 Å². The Bertz CT molecular complexity index is 338. The molecule has 1 fully saturated rings. The molecule has 0 unspecified atom stereocenters. The van der Waals surface area contributed by atoms with Gasteiger partial charge in [-0.1, -0.05) is 13.2 Å². The summed E-state index contributed by atoms with van der Waals surface area (Å²) >= 11 is 0. The van der Waals surface area contributed by atoms with Crippen molar-refractivity contribution in [1.82, 2.24) is 5.32 Å². The van der Waals surface area contributed by atoms with Crippen LogP contribution in [0.5, 0.6) is 0 Å². The van der Waals surface area contributed by atoms with Crippen LogP contribution in [-0.2, 0) is 4.79 Å². The number of rotatable bonds is 5. The number of nitrogens with one attached hydrogen (secondary N) is 1. The maximum Gasteiger partial charge on any atom is 0.228 e. The van der Waals surface area contributed by atoms with E-state index in [1.807, 2.05) is 0 Å². The molecule has 4 nitrogen and oxygen atoms in total. The summed E-state index contributed by atoms with van der Waals surface area (Å²) in [6, 6.07) is 0. The van der Waals surface area contributed by atoms with Crippen molar-refractivity contribution < 1.29 is 4.79 Å². The Morgan fingerprint density at radius 2 is 1.93 bits per heavy atom. The molecule has 0 aliphatic heterocycles. The molecular formula is C11H15N3O. The van der Waals surface area contributed by atoms with Crippen LogP contribution in [0.25, 0.3) is 0 Å². The lowest BCUT2D eigenvalue weighted by Gasteiger charge is -2.00. The van der Waals surface area contributed by atoms with Crippen LogP contribution < -0.4 is 5.32 Å². The van der Waals surface area contributed by atoms with Crippen molar-refractivity contribution >= 4 is 18.3 Å². The third-order valence-corrected chi connectivity index (χ3v) is 1.81. The van der Waals surface area contributed by atoms with Gasteiger partial charge < -0.3 is 5.32 Å². The number of nitrogens with zero attached hydrogens (tertiary/aromatic N) is 2. The van der Waals surface area contributed by atoms with E-state index in [1.54, 1.807) is 6.92 Å². The lowest BCUT2D eigenvalue weighted by Crippen LogP contribution is -2.22. The average Bonchev–Trinajstić information content (AvgIpc) is 2.94. The first-order valence-corrected chi connectivity index (χ1v) is 4.81. The lowest BCUT2D eigenvalue weighted by atomic mass is 10.4. The normalized spacial score (nSPS) is 15.8. The van der Waals surface area contributed by atoms with Crippen LogP contribution in [-0.4, -0.2) is 18.3 Å². The van der Waals surface area contributed by atoms with Gasteiger partial charge in [0.2, 0.25) is 5.91 Å². The summed E-state index contributed by atoms with van der Waals surface area (Å²) in [4.78, 5) is 19.1. The number of carbonyl (C=O) groups is 1. The van der Waals surface area contributed by atoms with Gasteiger partial charge in [-0.25, -0.2) is 4.99 Å². The maximum atomic E-state index is 11.3. The largest absolute Gasteiger partial charge is 0.311 e. The molecule has 0 aromatic carbocycles. The van der Waals surface area contributed by atoms with Crippen LogP contribution in [0.3, 0.4) is 0 Å². The lowest BCUT2D eigenvalue weighted by molar-refractivity contribution is -0.121. The first kappa shape index (κ1) is 11.4. The quantitative estimate of drug-likeness (QED) is 0.682. The molecule has 1 rings (SSSR count). The summed E-state index contributed by atoms with van der Waals surface area (Å²) in [5, 5.41) is 2.61. The van der Waals surface area contributed by atoms with Gasteiger partial charge in [0.1, 0.15) is 5.82 Å². The van der Waals surface area contributed by atoms with E-state index in [4.69, 9.17) is 0 Å². The zero-order chi connectivity index (χ0) is 11.3. The minimum absolute atomic E-state index is 0.00832. The fourth-order valence-electron chi connectivity index (χ4n) is 0.906. The van der Waals surface area contributed by atoms with E-state index in [1.165, 1.54) is 12.4 Å². The smallest absolute Gasteiger partial charge is 0.228 e. The van der Waals surface area contributed by atoms with Crippen molar-refractivity contribution in [2.45, 2.75) is 19.8 Å².